The van der Waals surface area contributed by atoms with Crippen molar-refractivity contribution in [2.75, 3.05) is 7.11 Å². The lowest BCUT2D eigenvalue weighted by Crippen LogP contribution is -2.20. The van der Waals surface area contributed by atoms with Crippen LogP contribution in [0.3, 0.4) is 0 Å². The zero-order valence-corrected chi connectivity index (χ0v) is 12.0. The summed E-state index contributed by atoms with van der Waals surface area (Å²) in [7, 11) is 1.33. The van der Waals surface area contributed by atoms with Gasteiger partial charge >= 0.3 is 5.97 Å². The summed E-state index contributed by atoms with van der Waals surface area (Å²) in [5, 5.41) is 7.25. The van der Waals surface area contributed by atoms with E-state index in [1.165, 1.54) is 13.4 Å². The molecule has 20 heavy (non-hydrogen) atoms. The van der Waals surface area contributed by atoms with E-state index in [-0.39, 0.29) is 11.8 Å². The van der Waals surface area contributed by atoms with Crippen LogP contribution in [0, 0.1) is 13.8 Å². The van der Waals surface area contributed by atoms with Crippen LogP contribution in [0.1, 0.15) is 46.1 Å². The number of carbonyl (C=O) groups is 1. The molecule has 0 amide bonds. The summed E-state index contributed by atoms with van der Waals surface area (Å²) >= 11 is 0. The molecule has 1 unspecified atom stereocenters. The number of furan rings is 1. The van der Waals surface area contributed by atoms with Crippen molar-refractivity contribution in [3.05, 3.63) is 40.7 Å². The second kappa shape index (κ2) is 5.92. The van der Waals surface area contributed by atoms with E-state index in [0.717, 1.165) is 22.6 Å². The number of rotatable bonds is 5. The minimum atomic E-state index is -0.475. The average Bonchev–Trinajstić information content (AvgIpc) is 3.02. The van der Waals surface area contributed by atoms with Gasteiger partial charge in [0.05, 0.1) is 19.1 Å². The molecule has 0 bridgehead atoms. The number of nitrogens with one attached hydrogen (secondary N) is 1. The van der Waals surface area contributed by atoms with Crippen LogP contribution in [0.2, 0.25) is 0 Å². The fraction of sp³-hybridized carbons (Fsp3) is 0.429. The highest BCUT2D eigenvalue weighted by molar-refractivity contribution is 5.87. The van der Waals surface area contributed by atoms with Crippen molar-refractivity contribution in [2.24, 2.45) is 0 Å². The van der Waals surface area contributed by atoms with E-state index >= 15 is 0 Å². The molecule has 0 aromatic carbocycles. The Labute approximate surface area is 117 Å². The monoisotopic (exact) mass is 278 g/mol. The summed E-state index contributed by atoms with van der Waals surface area (Å²) in [5.41, 5.74) is 2.66. The number of aromatic nitrogens is 1. The average molecular weight is 278 g/mol. The fourth-order valence-electron chi connectivity index (χ4n) is 2.22. The van der Waals surface area contributed by atoms with E-state index in [1.807, 2.05) is 20.8 Å². The van der Waals surface area contributed by atoms with Crippen LogP contribution < -0.4 is 5.32 Å². The van der Waals surface area contributed by atoms with Gasteiger partial charge in [-0.2, -0.15) is 0 Å². The molecule has 6 heteroatoms. The lowest BCUT2D eigenvalue weighted by atomic mass is 10.1. The van der Waals surface area contributed by atoms with Crippen LogP contribution in [0.5, 0.6) is 0 Å². The second-order valence-electron chi connectivity index (χ2n) is 4.61. The molecule has 0 spiro atoms. The Hall–Kier alpha value is -2.08. The molecule has 2 heterocycles. The minimum Gasteiger partial charge on any atom is -0.463 e. The van der Waals surface area contributed by atoms with Crippen molar-refractivity contribution < 1.29 is 18.5 Å². The molecule has 0 aliphatic carbocycles. The van der Waals surface area contributed by atoms with Crippen molar-refractivity contribution in [3.8, 4) is 0 Å². The number of methoxy groups -OCH3 is 1. The molecule has 0 radical (unpaired) electrons. The smallest absolute Gasteiger partial charge is 0.374 e. The second-order valence-corrected chi connectivity index (χ2v) is 4.61. The predicted octanol–water partition coefficient (Wildman–Crippen LogP) is 2.52. The van der Waals surface area contributed by atoms with E-state index in [9.17, 15) is 4.79 Å². The third kappa shape index (κ3) is 2.75. The van der Waals surface area contributed by atoms with Crippen molar-refractivity contribution >= 4 is 5.97 Å². The Morgan fingerprint density at radius 3 is 2.85 bits per heavy atom. The highest BCUT2D eigenvalue weighted by Gasteiger charge is 2.19. The Kier molecular flexibility index (Phi) is 4.24. The van der Waals surface area contributed by atoms with Crippen molar-refractivity contribution in [1.82, 2.24) is 10.5 Å². The predicted molar refractivity (Wildman–Crippen MR) is 71.3 cm³/mol. The number of carbonyl (C=O) groups excluding carboxylic acids is 1. The van der Waals surface area contributed by atoms with Gasteiger partial charge in [-0.3, -0.25) is 0 Å². The third-order valence-corrected chi connectivity index (χ3v) is 3.24. The lowest BCUT2D eigenvalue weighted by Gasteiger charge is -2.13. The normalized spacial score (nSPS) is 12.4. The Morgan fingerprint density at radius 2 is 2.25 bits per heavy atom. The number of aryl methyl sites for hydroxylation is 2. The molecule has 0 fully saturated rings. The molecule has 0 saturated heterocycles. The SMILES string of the molecule is COC(=O)c1occc1CNC(C)c1c(C)noc1C. The van der Waals surface area contributed by atoms with Crippen molar-refractivity contribution in [2.45, 2.75) is 33.4 Å². The molecule has 6 nitrogen and oxygen atoms in total. The molecular formula is C14H18N2O4. The third-order valence-electron chi connectivity index (χ3n) is 3.24. The van der Waals surface area contributed by atoms with Gasteiger partial charge in [0.15, 0.2) is 0 Å². The van der Waals surface area contributed by atoms with Gasteiger partial charge in [-0.05, 0) is 26.8 Å². The first-order chi connectivity index (χ1) is 9.54. The van der Waals surface area contributed by atoms with Gasteiger partial charge in [-0.1, -0.05) is 5.16 Å². The largest absolute Gasteiger partial charge is 0.463 e. The molecule has 0 saturated carbocycles. The van der Waals surface area contributed by atoms with Crippen molar-refractivity contribution in [3.63, 3.8) is 0 Å². The summed E-state index contributed by atoms with van der Waals surface area (Å²) in [4.78, 5) is 11.5. The highest BCUT2D eigenvalue weighted by atomic mass is 16.5. The zero-order chi connectivity index (χ0) is 14.7. The van der Waals surface area contributed by atoms with E-state index in [1.54, 1.807) is 6.07 Å². The molecule has 0 aliphatic rings. The lowest BCUT2D eigenvalue weighted by molar-refractivity contribution is 0.0563. The molecule has 1 N–H and O–H groups in total. The minimum absolute atomic E-state index is 0.0571. The van der Waals surface area contributed by atoms with Crippen LogP contribution in [-0.2, 0) is 11.3 Å². The van der Waals surface area contributed by atoms with Gasteiger partial charge in [-0.15, -0.1) is 0 Å². The summed E-state index contributed by atoms with van der Waals surface area (Å²) in [6.45, 7) is 6.30. The molecule has 1 atom stereocenters. The summed E-state index contributed by atoms with van der Waals surface area (Å²) in [6.07, 6.45) is 1.48. The number of nitrogens with zero attached hydrogens (tertiary/aromatic N) is 1. The summed E-state index contributed by atoms with van der Waals surface area (Å²) in [6, 6.07) is 1.81. The van der Waals surface area contributed by atoms with E-state index in [4.69, 9.17) is 8.94 Å². The van der Waals surface area contributed by atoms with Gasteiger partial charge in [0.1, 0.15) is 5.76 Å². The standard InChI is InChI=1S/C14H18N2O4/c1-8(12-9(2)16-20-10(12)3)15-7-11-5-6-19-13(11)14(17)18-4/h5-6,8,15H,7H2,1-4H3. The van der Waals surface area contributed by atoms with E-state index in [2.05, 4.69) is 15.2 Å². The molecule has 0 aliphatic heterocycles. The number of ether oxygens (including phenoxy) is 1. The fourth-order valence-corrected chi connectivity index (χ4v) is 2.22. The van der Waals surface area contributed by atoms with Crippen LogP contribution in [0.4, 0.5) is 0 Å². The van der Waals surface area contributed by atoms with Gasteiger partial charge in [-0.25, -0.2) is 4.79 Å². The molecule has 2 aromatic rings. The summed E-state index contributed by atoms with van der Waals surface area (Å²) < 4.78 is 15.0. The Balaban J connectivity index is 2.06. The Morgan fingerprint density at radius 1 is 1.50 bits per heavy atom. The van der Waals surface area contributed by atoms with Crippen LogP contribution in [0.25, 0.3) is 0 Å². The first kappa shape index (κ1) is 14.3. The maximum absolute atomic E-state index is 11.5. The highest BCUT2D eigenvalue weighted by Crippen LogP contribution is 2.22. The van der Waals surface area contributed by atoms with Gasteiger partial charge in [0.2, 0.25) is 5.76 Å². The number of hydrogen-bond acceptors (Lipinski definition) is 6. The van der Waals surface area contributed by atoms with E-state index in [0.29, 0.717) is 6.54 Å². The number of hydrogen-bond donors (Lipinski definition) is 1. The molecular weight excluding hydrogens is 260 g/mol. The van der Waals surface area contributed by atoms with Crippen molar-refractivity contribution in [1.29, 1.82) is 0 Å². The molecule has 108 valence electrons. The quantitative estimate of drug-likeness (QED) is 0.847. The molecule has 2 rings (SSSR count). The first-order valence-electron chi connectivity index (χ1n) is 6.35. The van der Waals surface area contributed by atoms with Crippen LogP contribution in [-0.4, -0.2) is 18.2 Å². The summed E-state index contributed by atoms with van der Waals surface area (Å²) in [5.74, 6) is 0.547. The topological polar surface area (TPSA) is 77.5 Å². The number of esters is 1. The maximum Gasteiger partial charge on any atom is 0.374 e. The van der Waals surface area contributed by atoms with E-state index < -0.39 is 5.97 Å². The first-order valence-corrected chi connectivity index (χ1v) is 6.35. The zero-order valence-electron chi connectivity index (χ0n) is 12.0. The van der Waals surface area contributed by atoms with Crippen LogP contribution >= 0.6 is 0 Å². The van der Waals surface area contributed by atoms with Gasteiger partial charge in [0, 0.05) is 23.7 Å². The van der Waals surface area contributed by atoms with Gasteiger partial charge < -0.3 is 19.0 Å². The van der Waals surface area contributed by atoms with Crippen LogP contribution in [0.15, 0.2) is 21.3 Å². The van der Waals surface area contributed by atoms with Gasteiger partial charge in [0.25, 0.3) is 0 Å². The Bertz CT molecular complexity index is 581. The maximum atomic E-state index is 11.5. The molecule has 2 aromatic heterocycles.